The molecule has 0 saturated carbocycles. The van der Waals surface area contributed by atoms with E-state index < -0.39 is 0 Å². The van der Waals surface area contributed by atoms with Crippen LogP contribution in [0.1, 0.15) is 64.0 Å². The van der Waals surface area contributed by atoms with Crippen molar-refractivity contribution in [2.45, 2.75) is 64.8 Å². The normalized spacial score (nSPS) is 15.7. The standard InChI is InChI=1S/C23H32N4O2/c1-23(2,3)19-11-9-18(10-12-19)16-27-20(13-14-24-27)25-21(28)17-26-15-7-5-4-6-8-22(26)29/h9-14H,4-8,15-17H2,1-3H3,(H,25,28). The van der Waals surface area contributed by atoms with Crippen LogP contribution >= 0.6 is 0 Å². The second kappa shape index (κ2) is 9.25. The highest BCUT2D eigenvalue weighted by Crippen LogP contribution is 2.22. The van der Waals surface area contributed by atoms with Gasteiger partial charge in [-0.05, 0) is 29.4 Å². The number of nitrogens with one attached hydrogen (secondary N) is 1. The Morgan fingerprint density at radius 1 is 1.07 bits per heavy atom. The van der Waals surface area contributed by atoms with Gasteiger partial charge >= 0.3 is 0 Å². The molecule has 6 nitrogen and oxygen atoms in total. The minimum absolute atomic E-state index is 0.0762. The summed E-state index contributed by atoms with van der Waals surface area (Å²) in [6, 6.07) is 10.3. The van der Waals surface area contributed by atoms with Crippen LogP contribution in [-0.2, 0) is 21.5 Å². The van der Waals surface area contributed by atoms with Crippen molar-refractivity contribution in [2.24, 2.45) is 0 Å². The fraction of sp³-hybridized carbons (Fsp3) is 0.522. The fourth-order valence-corrected chi connectivity index (χ4v) is 3.59. The van der Waals surface area contributed by atoms with E-state index in [4.69, 9.17) is 0 Å². The van der Waals surface area contributed by atoms with Gasteiger partial charge in [0.2, 0.25) is 11.8 Å². The van der Waals surface area contributed by atoms with E-state index in [2.05, 4.69) is 55.5 Å². The van der Waals surface area contributed by atoms with Crippen molar-refractivity contribution in [1.82, 2.24) is 14.7 Å². The van der Waals surface area contributed by atoms with Crippen LogP contribution in [0.4, 0.5) is 5.82 Å². The van der Waals surface area contributed by atoms with E-state index in [9.17, 15) is 9.59 Å². The van der Waals surface area contributed by atoms with Gasteiger partial charge in [-0.15, -0.1) is 0 Å². The number of hydrogen-bond acceptors (Lipinski definition) is 3. The number of amides is 2. The Bertz CT molecular complexity index is 833. The molecule has 1 aliphatic heterocycles. The number of carbonyl (C=O) groups is 2. The van der Waals surface area contributed by atoms with E-state index in [1.54, 1.807) is 21.8 Å². The van der Waals surface area contributed by atoms with Gasteiger partial charge in [0.25, 0.3) is 0 Å². The predicted octanol–water partition coefficient (Wildman–Crippen LogP) is 3.96. The first kappa shape index (κ1) is 21.1. The first-order valence-corrected chi connectivity index (χ1v) is 10.5. The quantitative estimate of drug-likeness (QED) is 0.832. The van der Waals surface area contributed by atoms with Gasteiger partial charge in [0.1, 0.15) is 5.82 Å². The zero-order chi connectivity index (χ0) is 20.9. The van der Waals surface area contributed by atoms with Crippen molar-refractivity contribution < 1.29 is 9.59 Å². The molecule has 2 heterocycles. The number of aromatic nitrogens is 2. The molecule has 1 aromatic carbocycles. The summed E-state index contributed by atoms with van der Waals surface area (Å²) in [5.41, 5.74) is 2.52. The lowest BCUT2D eigenvalue weighted by Crippen LogP contribution is -2.39. The molecule has 2 aromatic rings. The summed E-state index contributed by atoms with van der Waals surface area (Å²) in [5.74, 6) is 0.547. The third kappa shape index (κ3) is 5.92. The number of rotatable bonds is 5. The Kier molecular flexibility index (Phi) is 6.72. The summed E-state index contributed by atoms with van der Waals surface area (Å²) in [4.78, 5) is 26.5. The fourth-order valence-electron chi connectivity index (χ4n) is 3.59. The Hall–Kier alpha value is -2.63. The monoisotopic (exact) mass is 396 g/mol. The van der Waals surface area contributed by atoms with Crippen LogP contribution < -0.4 is 5.32 Å². The first-order chi connectivity index (χ1) is 13.8. The third-order valence-corrected chi connectivity index (χ3v) is 5.39. The third-order valence-electron chi connectivity index (χ3n) is 5.39. The van der Waals surface area contributed by atoms with Gasteiger partial charge in [-0.3, -0.25) is 9.59 Å². The number of nitrogens with zero attached hydrogens (tertiary/aromatic N) is 3. The van der Waals surface area contributed by atoms with Crippen LogP contribution in [0.2, 0.25) is 0 Å². The van der Waals surface area contributed by atoms with Crippen molar-refractivity contribution in [2.75, 3.05) is 18.4 Å². The molecule has 0 unspecified atom stereocenters. The molecule has 29 heavy (non-hydrogen) atoms. The van der Waals surface area contributed by atoms with E-state index in [1.165, 1.54) is 5.56 Å². The van der Waals surface area contributed by atoms with Gasteiger partial charge in [-0.25, -0.2) is 4.68 Å². The average Bonchev–Trinajstić information content (AvgIpc) is 3.08. The average molecular weight is 397 g/mol. The van der Waals surface area contributed by atoms with E-state index in [-0.39, 0.29) is 23.8 Å². The maximum atomic E-state index is 12.5. The summed E-state index contributed by atoms with van der Waals surface area (Å²) in [7, 11) is 0. The highest BCUT2D eigenvalue weighted by Gasteiger charge is 2.19. The summed E-state index contributed by atoms with van der Waals surface area (Å²) >= 11 is 0. The van der Waals surface area contributed by atoms with Gasteiger partial charge in [-0.1, -0.05) is 57.9 Å². The number of benzene rings is 1. The number of anilines is 1. The van der Waals surface area contributed by atoms with Crippen molar-refractivity contribution in [1.29, 1.82) is 0 Å². The van der Waals surface area contributed by atoms with Crippen LogP contribution in [0.3, 0.4) is 0 Å². The first-order valence-electron chi connectivity index (χ1n) is 10.5. The van der Waals surface area contributed by atoms with E-state index in [1.807, 2.05) is 0 Å². The molecule has 156 valence electrons. The van der Waals surface area contributed by atoms with Crippen molar-refractivity contribution in [3.05, 3.63) is 47.7 Å². The molecule has 1 saturated heterocycles. The zero-order valence-electron chi connectivity index (χ0n) is 17.8. The molecule has 0 radical (unpaired) electrons. The van der Waals surface area contributed by atoms with Crippen LogP contribution in [0, 0.1) is 0 Å². The lowest BCUT2D eigenvalue weighted by molar-refractivity contribution is -0.135. The molecule has 2 amide bonds. The van der Waals surface area contributed by atoms with Gasteiger partial charge in [0.15, 0.2) is 0 Å². The van der Waals surface area contributed by atoms with Crippen LogP contribution in [-0.4, -0.2) is 39.6 Å². The van der Waals surface area contributed by atoms with Gasteiger partial charge < -0.3 is 10.2 Å². The number of hydrogen-bond donors (Lipinski definition) is 1. The molecule has 1 N–H and O–H groups in total. The van der Waals surface area contributed by atoms with E-state index in [0.29, 0.717) is 25.3 Å². The molecular weight excluding hydrogens is 364 g/mol. The second-order valence-electron chi connectivity index (χ2n) is 8.85. The van der Waals surface area contributed by atoms with E-state index >= 15 is 0 Å². The predicted molar refractivity (Wildman–Crippen MR) is 115 cm³/mol. The molecule has 0 bridgehead atoms. The zero-order valence-corrected chi connectivity index (χ0v) is 17.8. The minimum atomic E-state index is -0.177. The summed E-state index contributed by atoms with van der Waals surface area (Å²) in [5, 5.41) is 7.26. The summed E-state index contributed by atoms with van der Waals surface area (Å²) in [6.07, 6.45) is 6.31. The molecular formula is C23H32N4O2. The second-order valence-corrected chi connectivity index (χ2v) is 8.85. The van der Waals surface area contributed by atoms with Crippen molar-refractivity contribution in [3.63, 3.8) is 0 Å². The largest absolute Gasteiger partial charge is 0.333 e. The maximum Gasteiger partial charge on any atom is 0.245 e. The maximum absolute atomic E-state index is 12.5. The Morgan fingerprint density at radius 3 is 2.52 bits per heavy atom. The van der Waals surface area contributed by atoms with E-state index in [0.717, 1.165) is 31.2 Å². The molecule has 1 fully saturated rings. The topological polar surface area (TPSA) is 67.2 Å². The minimum Gasteiger partial charge on any atom is -0.333 e. The smallest absolute Gasteiger partial charge is 0.245 e. The molecule has 0 spiro atoms. The van der Waals surface area contributed by atoms with Crippen molar-refractivity contribution in [3.8, 4) is 0 Å². The Balaban J connectivity index is 1.61. The summed E-state index contributed by atoms with van der Waals surface area (Å²) < 4.78 is 1.78. The lowest BCUT2D eigenvalue weighted by Gasteiger charge is -2.24. The van der Waals surface area contributed by atoms with Crippen LogP contribution in [0.5, 0.6) is 0 Å². The Morgan fingerprint density at radius 2 is 1.79 bits per heavy atom. The van der Waals surface area contributed by atoms with Gasteiger partial charge in [0, 0.05) is 19.0 Å². The Labute approximate surface area is 173 Å². The molecule has 3 rings (SSSR count). The SMILES string of the molecule is CC(C)(C)c1ccc(Cn2nccc2NC(=O)CN2CCCCCCC2=O)cc1. The molecule has 0 aliphatic carbocycles. The molecule has 1 aromatic heterocycles. The number of likely N-dealkylation sites (tertiary alicyclic amines) is 1. The highest BCUT2D eigenvalue weighted by atomic mass is 16.2. The van der Waals surface area contributed by atoms with Gasteiger partial charge in [0.05, 0.1) is 19.3 Å². The van der Waals surface area contributed by atoms with Crippen LogP contribution in [0.25, 0.3) is 0 Å². The highest BCUT2D eigenvalue weighted by molar-refractivity contribution is 5.93. The molecule has 1 aliphatic rings. The summed E-state index contributed by atoms with van der Waals surface area (Å²) in [6.45, 7) is 7.92. The lowest BCUT2D eigenvalue weighted by atomic mass is 9.87. The molecule has 0 atom stereocenters. The molecule has 6 heteroatoms. The van der Waals surface area contributed by atoms with Crippen molar-refractivity contribution >= 4 is 17.6 Å². The van der Waals surface area contributed by atoms with Gasteiger partial charge in [-0.2, -0.15) is 5.10 Å². The van der Waals surface area contributed by atoms with Crippen LogP contribution in [0.15, 0.2) is 36.5 Å². The number of carbonyl (C=O) groups excluding carboxylic acids is 2.